The van der Waals surface area contributed by atoms with E-state index in [0.29, 0.717) is 24.4 Å². The lowest BCUT2D eigenvalue weighted by atomic mass is 9.97. The standard InChI is InChI=1S/C32H32N2O3/c1-23-8-7-11-26(20-23)22-34-28-12-5-6-13-29(28)37-30(32(34)36)21-25-14-16-27(17-15-25)31(35)33-19-18-24-9-3-2-4-10-24/h5-9,11-17,20-21H,2-4,10,18-19,22H2,1H3,(H,33,35)/b30-21+. The van der Waals surface area contributed by atoms with E-state index in [1.807, 2.05) is 61.5 Å². The highest BCUT2D eigenvalue weighted by atomic mass is 16.5. The fourth-order valence-electron chi connectivity index (χ4n) is 4.86. The number of carbonyl (C=O) groups is 2. The van der Waals surface area contributed by atoms with Crippen LogP contribution in [0.25, 0.3) is 6.08 Å². The number of hydrogen-bond donors (Lipinski definition) is 1. The summed E-state index contributed by atoms with van der Waals surface area (Å²) < 4.78 is 6.01. The van der Waals surface area contributed by atoms with Gasteiger partial charge >= 0.3 is 0 Å². The van der Waals surface area contributed by atoms with Gasteiger partial charge in [0.2, 0.25) is 0 Å². The second-order valence-corrected chi connectivity index (χ2v) is 9.69. The van der Waals surface area contributed by atoms with Crippen LogP contribution in [0, 0.1) is 6.92 Å². The molecule has 5 heteroatoms. The first-order chi connectivity index (χ1) is 18.1. The number of allylic oxidation sites excluding steroid dienone is 1. The van der Waals surface area contributed by atoms with Crippen LogP contribution in [0.4, 0.5) is 5.69 Å². The maximum Gasteiger partial charge on any atom is 0.294 e. The number of benzene rings is 3. The van der Waals surface area contributed by atoms with Crippen molar-refractivity contribution < 1.29 is 14.3 Å². The maximum absolute atomic E-state index is 13.5. The van der Waals surface area contributed by atoms with E-state index in [9.17, 15) is 9.59 Å². The lowest BCUT2D eigenvalue weighted by Gasteiger charge is -2.30. The SMILES string of the molecule is Cc1cccc(CN2C(=O)/C(=C\c3ccc(C(=O)NCCC4=CCCCC4)cc3)Oc3ccccc32)c1. The minimum atomic E-state index is -0.195. The molecular weight excluding hydrogens is 460 g/mol. The van der Waals surface area contributed by atoms with Crippen LogP contribution in [0.1, 0.15) is 59.2 Å². The normalized spacial score (nSPS) is 16.1. The predicted octanol–water partition coefficient (Wildman–Crippen LogP) is 6.58. The highest BCUT2D eigenvalue weighted by molar-refractivity contribution is 6.09. The van der Waals surface area contributed by atoms with E-state index < -0.39 is 0 Å². The summed E-state index contributed by atoms with van der Waals surface area (Å²) in [5.74, 6) is 0.618. The largest absolute Gasteiger partial charge is 0.449 e. The number of carbonyl (C=O) groups excluding carboxylic acids is 2. The molecule has 0 fully saturated rings. The van der Waals surface area contributed by atoms with Crippen molar-refractivity contribution in [3.05, 3.63) is 112 Å². The fourth-order valence-corrected chi connectivity index (χ4v) is 4.86. The van der Waals surface area contributed by atoms with Crippen LogP contribution in [0.15, 0.2) is 90.2 Å². The van der Waals surface area contributed by atoms with Crippen molar-refractivity contribution in [1.29, 1.82) is 0 Å². The number of aryl methyl sites for hydroxylation is 1. The first-order valence-corrected chi connectivity index (χ1v) is 13.0. The molecule has 2 amide bonds. The topological polar surface area (TPSA) is 58.6 Å². The predicted molar refractivity (Wildman–Crippen MR) is 147 cm³/mol. The van der Waals surface area contributed by atoms with E-state index in [-0.39, 0.29) is 17.6 Å². The molecule has 1 aliphatic carbocycles. The highest BCUT2D eigenvalue weighted by Gasteiger charge is 2.30. The molecule has 5 rings (SSSR count). The van der Waals surface area contributed by atoms with Crippen LogP contribution in [0.5, 0.6) is 5.75 Å². The molecule has 0 saturated heterocycles. The molecule has 3 aromatic rings. The molecule has 1 N–H and O–H groups in total. The lowest BCUT2D eigenvalue weighted by Crippen LogP contribution is -2.36. The van der Waals surface area contributed by atoms with E-state index in [1.54, 1.807) is 23.1 Å². The minimum Gasteiger partial charge on any atom is -0.449 e. The van der Waals surface area contributed by atoms with Gasteiger partial charge in [0.25, 0.3) is 11.8 Å². The number of amides is 2. The van der Waals surface area contributed by atoms with E-state index in [0.717, 1.165) is 41.6 Å². The zero-order valence-corrected chi connectivity index (χ0v) is 21.2. The molecule has 0 unspecified atom stereocenters. The molecule has 1 heterocycles. The summed E-state index contributed by atoms with van der Waals surface area (Å²) in [4.78, 5) is 27.8. The number of nitrogens with zero attached hydrogens (tertiary/aromatic N) is 1. The van der Waals surface area contributed by atoms with Gasteiger partial charge in [-0.1, -0.05) is 65.7 Å². The number of fused-ring (bicyclic) bond motifs is 1. The Morgan fingerprint density at radius 1 is 1.03 bits per heavy atom. The van der Waals surface area contributed by atoms with Gasteiger partial charge in [-0.2, -0.15) is 0 Å². The number of ether oxygens (including phenoxy) is 1. The molecule has 0 spiro atoms. The molecule has 37 heavy (non-hydrogen) atoms. The zero-order chi connectivity index (χ0) is 25.6. The summed E-state index contributed by atoms with van der Waals surface area (Å²) in [6, 6.07) is 23.0. The highest BCUT2D eigenvalue weighted by Crippen LogP contribution is 2.36. The summed E-state index contributed by atoms with van der Waals surface area (Å²) in [5, 5.41) is 3.02. The summed E-state index contributed by atoms with van der Waals surface area (Å²) in [6.07, 6.45) is 9.78. The monoisotopic (exact) mass is 492 g/mol. The van der Waals surface area contributed by atoms with Crippen molar-refractivity contribution >= 4 is 23.6 Å². The van der Waals surface area contributed by atoms with Crippen LogP contribution in [0.3, 0.4) is 0 Å². The summed E-state index contributed by atoms with van der Waals surface area (Å²) in [6.45, 7) is 3.14. The molecule has 3 aromatic carbocycles. The third kappa shape index (κ3) is 6.00. The maximum atomic E-state index is 13.5. The van der Waals surface area contributed by atoms with E-state index in [1.165, 1.54) is 18.4 Å². The number of para-hydroxylation sites is 2. The van der Waals surface area contributed by atoms with Gasteiger partial charge < -0.3 is 10.1 Å². The minimum absolute atomic E-state index is 0.0844. The molecule has 5 nitrogen and oxygen atoms in total. The number of rotatable bonds is 7. The third-order valence-corrected chi connectivity index (χ3v) is 6.84. The molecule has 0 bridgehead atoms. The van der Waals surface area contributed by atoms with Crippen molar-refractivity contribution in [3.8, 4) is 5.75 Å². The first kappa shape index (κ1) is 24.6. The molecule has 0 radical (unpaired) electrons. The van der Waals surface area contributed by atoms with Crippen LogP contribution in [-0.2, 0) is 11.3 Å². The van der Waals surface area contributed by atoms with Gasteiger partial charge in [-0.25, -0.2) is 0 Å². The number of anilines is 1. The van der Waals surface area contributed by atoms with Crippen molar-refractivity contribution in [1.82, 2.24) is 5.32 Å². The molecule has 1 aliphatic heterocycles. The Hall–Kier alpha value is -4.12. The molecule has 0 atom stereocenters. The Bertz CT molecular complexity index is 1350. The van der Waals surface area contributed by atoms with Gasteiger partial charge in [0, 0.05) is 12.1 Å². The van der Waals surface area contributed by atoms with E-state index in [4.69, 9.17) is 4.74 Å². The second-order valence-electron chi connectivity index (χ2n) is 9.69. The second kappa shape index (κ2) is 11.3. The van der Waals surface area contributed by atoms with Gasteiger partial charge in [0.05, 0.1) is 12.2 Å². The van der Waals surface area contributed by atoms with E-state index >= 15 is 0 Å². The molecule has 188 valence electrons. The van der Waals surface area contributed by atoms with Gasteiger partial charge in [-0.15, -0.1) is 0 Å². The van der Waals surface area contributed by atoms with Gasteiger partial charge in [-0.3, -0.25) is 14.5 Å². The summed E-state index contributed by atoms with van der Waals surface area (Å²) in [5.41, 5.74) is 5.80. The smallest absolute Gasteiger partial charge is 0.294 e. The molecule has 2 aliphatic rings. The average molecular weight is 493 g/mol. The van der Waals surface area contributed by atoms with Crippen molar-refractivity contribution in [3.63, 3.8) is 0 Å². The van der Waals surface area contributed by atoms with E-state index in [2.05, 4.69) is 17.5 Å². The summed E-state index contributed by atoms with van der Waals surface area (Å²) >= 11 is 0. The molecular formula is C32H32N2O3. The lowest BCUT2D eigenvalue weighted by molar-refractivity contribution is -0.117. The summed E-state index contributed by atoms with van der Waals surface area (Å²) in [7, 11) is 0. The quantitative estimate of drug-likeness (QED) is 0.299. The van der Waals surface area contributed by atoms with Gasteiger partial charge in [0.1, 0.15) is 0 Å². The van der Waals surface area contributed by atoms with Crippen molar-refractivity contribution in [2.45, 2.75) is 45.6 Å². The van der Waals surface area contributed by atoms with Crippen LogP contribution in [0.2, 0.25) is 0 Å². The zero-order valence-electron chi connectivity index (χ0n) is 21.2. The van der Waals surface area contributed by atoms with Crippen LogP contribution >= 0.6 is 0 Å². The van der Waals surface area contributed by atoms with Gasteiger partial charge in [0.15, 0.2) is 11.5 Å². The van der Waals surface area contributed by atoms with Crippen molar-refractivity contribution in [2.24, 2.45) is 0 Å². The third-order valence-electron chi connectivity index (χ3n) is 6.84. The Morgan fingerprint density at radius 3 is 2.65 bits per heavy atom. The van der Waals surface area contributed by atoms with Crippen LogP contribution in [-0.4, -0.2) is 18.4 Å². The van der Waals surface area contributed by atoms with Gasteiger partial charge in [-0.05, 0) is 80.5 Å². The Balaban J connectivity index is 1.29. The Kier molecular flexibility index (Phi) is 7.50. The number of hydrogen-bond acceptors (Lipinski definition) is 3. The molecule has 0 saturated carbocycles. The van der Waals surface area contributed by atoms with Crippen LogP contribution < -0.4 is 15.0 Å². The average Bonchev–Trinajstić information content (AvgIpc) is 2.92. The Labute approximate surface area is 218 Å². The molecule has 0 aromatic heterocycles. The van der Waals surface area contributed by atoms with Crippen molar-refractivity contribution in [2.75, 3.05) is 11.4 Å². The number of nitrogens with one attached hydrogen (secondary N) is 1. The first-order valence-electron chi connectivity index (χ1n) is 13.0. The Morgan fingerprint density at radius 2 is 1.86 bits per heavy atom. The fraction of sp³-hybridized carbons (Fsp3) is 0.250.